The molecular formula is C19H23BrO2. The fourth-order valence-electron chi connectivity index (χ4n) is 5.70. The molecule has 2 nitrogen and oxygen atoms in total. The molecule has 0 amide bonds. The zero-order valence-corrected chi connectivity index (χ0v) is 14.7. The lowest BCUT2D eigenvalue weighted by atomic mass is 9.49. The minimum absolute atomic E-state index is 0.0522. The van der Waals surface area contributed by atoms with E-state index in [0.717, 1.165) is 23.8 Å². The van der Waals surface area contributed by atoms with Gasteiger partial charge in [0.2, 0.25) is 0 Å². The molecule has 4 fully saturated rings. The summed E-state index contributed by atoms with van der Waals surface area (Å²) in [4.78, 5) is 12.5. The molecular weight excluding hydrogens is 340 g/mol. The second-order valence-corrected chi connectivity index (χ2v) is 9.76. The summed E-state index contributed by atoms with van der Waals surface area (Å²) in [7, 11) is 0. The van der Waals surface area contributed by atoms with Gasteiger partial charge in [-0.1, -0.05) is 28.1 Å². The topological polar surface area (TPSA) is 26.3 Å². The van der Waals surface area contributed by atoms with Gasteiger partial charge in [0, 0.05) is 4.32 Å². The lowest BCUT2D eigenvalue weighted by Crippen LogP contribution is -2.53. The summed E-state index contributed by atoms with van der Waals surface area (Å²) in [6.45, 7) is 2.02. The molecule has 1 aromatic rings. The second-order valence-electron chi connectivity index (χ2n) is 8.08. The van der Waals surface area contributed by atoms with Crippen molar-refractivity contribution in [1.82, 2.24) is 0 Å². The Morgan fingerprint density at radius 2 is 2.00 bits per heavy atom. The minimum atomic E-state index is -0.0522. The van der Waals surface area contributed by atoms with Crippen molar-refractivity contribution in [3.8, 4) is 5.75 Å². The fraction of sp³-hybridized carbons (Fsp3) is 0.632. The third-order valence-corrected chi connectivity index (χ3v) is 6.78. The maximum atomic E-state index is 12.5. The highest BCUT2D eigenvalue weighted by molar-refractivity contribution is 9.10. The Balaban J connectivity index is 1.47. The predicted octanol–water partition coefficient (Wildman–Crippen LogP) is 5.02. The molecule has 0 aliphatic heterocycles. The molecule has 2 unspecified atom stereocenters. The number of alkyl halides is 1. The number of halogens is 1. The van der Waals surface area contributed by atoms with Crippen molar-refractivity contribution in [3.05, 3.63) is 29.8 Å². The largest absolute Gasteiger partial charge is 0.427 e. The van der Waals surface area contributed by atoms with Crippen molar-refractivity contribution in [2.24, 2.45) is 17.3 Å². The number of carbonyl (C=O) groups excluding carboxylic acids is 1. The Hall–Kier alpha value is -0.830. The number of benzene rings is 1. The number of carbonyl (C=O) groups is 1. The number of ether oxygens (including phenoxy) is 1. The van der Waals surface area contributed by atoms with Crippen molar-refractivity contribution < 1.29 is 9.53 Å². The van der Waals surface area contributed by atoms with Crippen molar-refractivity contribution in [2.75, 3.05) is 0 Å². The van der Waals surface area contributed by atoms with E-state index in [4.69, 9.17) is 4.74 Å². The highest BCUT2D eigenvalue weighted by Gasteiger charge is 2.57. The van der Waals surface area contributed by atoms with Crippen LogP contribution in [0.4, 0.5) is 0 Å². The first kappa shape index (κ1) is 14.7. The van der Waals surface area contributed by atoms with Crippen molar-refractivity contribution >= 4 is 21.9 Å². The molecule has 0 heterocycles. The van der Waals surface area contributed by atoms with Crippen LogP contribution in [0.2, 0.25) is 0 Å². The van der Waals surface area contributed by atoms with E-state index in [-0.39, 0.29) is 11.4 Å². The van der Waals surface area contributed by atoms with E-state index in [1.54, 1.807) is 0 Å². The van der Waals surface area contributed by atoms with E-state index in [0.29, 0.717) is 16.5 Å². The summed E-state index contributed by atoms with van der Waals surface area (Å²) in [5, 5.41) is 0. The number of hydrogen-bond acceptors (Lipinski definition) is 2. The summed E-state index contributed by atoms with van der Waals surface area (Å²) in [5.74, 6) is 2.26. The molecule has 5 rings (SSSR count). The molecule has 0 radical (unpaired) electrons. The quantitative estimate of drug-likeness (QED) is 0.428. The number of esters is 1. The first-order valence-electron chi connectivity index (χ1n) is 8.40. The van der Waals surface area contributed by atoms with Crippen molar-refractivity contribution in [3.63, 3.8) is 0 Å². The molecule has 22 heavy (non-hydrogen) atoms. The molecule has 0 aromatic heterocycles. The van der Waals surface area contributed by atoms with Crippen molar-refractivity contribution in [1.29, 1.82) is 0 Å². The molecule has 4 atom stereocenters. The minimum Gasteiger partial charge on any atom is -0.427 e. The van der Waals surface area contributed by atoms with Crippen LogP contribution in [0, 0.1) is 24.2 Å². The highest BCUT2D eigenvalue weighted by Crippen LogP contribution is 2.65. The van der Waals surface area contributed by atoms with Crippen LogP contribution in [-0.2, 0) is 4.79 Å². The SMILES string of the molecule is Cc1cccc(OC(=O)CC23C[C@@H]4C[C@@H](CC(Br)(C4)C2)C3)c1. The Morgan fingerprint density at radius 3 is 2.64 bits per heavy atom. The highest BCUT2D eigenvalue weighted by atomic mass is 79.9. The molecule has 0 saturated heterocycles. The molecule has 4 saturated carbocycles. The summed E-state index contributed by atoms with van der Waals surface area (Å²) < 4.78 is 5.92. The monoisotopic (exact) mass is 362 g/mol. The van der Waals surface area contributed by atoms with Crippen LogP contribution in [0.15, 0.2) is 24.3 Å². The van der Waals surface area contributed by atoms with E-state index in [2.05, 4.69) is 15.9 Å². The Bertz CT molecular complexity index is 595. The van der Waals surface area contributed by atoms with Gasteiger partial charge in [-0.25, -0.2) is 0 Å². The van der Waals surface area contributed by atoms with Gasteiger partial charge in [0.05, 0.1) is 6.42 Å². The van der Waals surface area contributed by atoms with E-state index < -0.39 is 0 Å². The average Bonchev–Trinajstić information content (AvgIpc) is 2.34. The molecule has 4 aliphatic rings. The molecule has 0 N–H and O–H groups in total. The first-order chi connectivity index (χ1) is 10.4. The number of rotatable bonds is 3. The third-order valence-electron chi connectivity index (χ3n) is 5.85. The molecule has 1 aromatic carbocycles. The lowest BCUT2D eigenvalue weighted by molar-refractivity contribution is -0.141. The van der Waals surface area contributed by atoms with Gasteiger partial charge in [0.15, 0.2) is 0 Å². The third kappa shape index (κ3) is 2.73. The summed E-state index contributed by atoms with van der Waals surface area (Å²) >= 11 is 4.01. The molecule has 118 valence electrons. The summed E-state index contributed by atoms with van der Waals surface area (Å²) in [6.07, 6.45) is 8.16. The molecule has 4 aliphatic carbocycles. The van der Waals surface area contributed by atoms with Crippen LogP contribution in [0.1, 0.15) is 50.5 Å². The van der Waals surface area contributed by atoms with Crippen LogP contribution >= 0.6 is 15.9 Å². The van der Waals surface area contributed by atoms with E-state index in [9.17, 15) is 4.79 Å². The maximum absolute atomic E-state index is 12.5. The zero-order chi connectivity index (χ0) is 15.4. The summed E-state index contributed by atoms with van der Waals surface area (Å²) in [6, 6.07) is 7.77. The lowest BCUT2D eigenvalue weighted by Gasteiger charge is -2.60. The number of aryl methyl sites for hydroxylation is 1. The van der Waals surface area contributed by atoms with Gasteiger partial charge >= 0.3 is 5.97 Å². The van der Waals surface area contributed by atoms with Crippen LogP contribution in [0.25, 0.3) is 0 Å². The average molecular weight is 363 g/mol. The molecule has 3 heteroatoms. The standard InChI is InChI=1S/C19H23BrO2/c1-13-3-2-4-16(5-13)22-17(21)11-18-7-14-6-15(8-18)10-19(20,9-14)12-18/h2-5,14-15H,6-12H2,1H3/t14-,15+,18?,19?. The Morgan fingerprint density at radius 1 is 1.27 bits per heavy atom. The van der Waals surface area contributed by atoms with Crippen molar-refractivity contribution in [2.45, 2.75) is 56.2 Å². The van der Waals surface area contributed by atoms with Gasteiger partial charge in [-0.05, 0) is 80.4 Å². The van der Waals surface area contributed by atoms with Gasteiger partial charge in [-0.15, -0.1) is 0 Å². The van der Waals surface area contributed by atoms with Gasteiger partial charge in [0.1, 0.15) is 5.75 Å². The molecule has 0 spiro atoms. The van der Waals surface area contributed by atoms with E-state index in [1.165, 1.54) is 32.1 Å². The first-order valence-corrected chi connectivity index (χ1v) is 9.19. The summed E-state index contributed by atoms with van der Waals surface area (Å²) in [5.41, 5.74) is 1.31. The Labute approximate surface area is 140 Å². The van der Waals surface area contributed by atoms with Crippen LogP contribution < -0.4 is 4.74 Å². The van der Waals surface area contributed by atoms with Gasteiger partial charge in [0.25, 0.3) is 0 Å². The normalized spacial score (nSPS) is 39.0. The second kappa shape index (κ2) is 5.09. The van der Waals surface area contributed by atoms with E-state index in [1.807, 2.05) is 31.2 Å². The fourth-order valence-corrected chi connectivity index (χ4v) is 7.21. The zero-order valence-electron chi connectivity index (χ0n) is 13.1. The van der Waals surface area contributed by atoms with Crippen LogP contribution in [0.5, 0.6) is 5.75 Å². The van der Waals surface area contributed by atoms with Gasteiger partial charge in [-0.2, -0.15) is 0 Å². The van der Waals surface area contributed by atoms with Gasteiger partial charge in [-0.3, -0.25) is 4.79 Å². The van der Waals surface area contributed by atoms with Crippen LogP contribution in [-0.4, -0.2) is 10.3 Å². The van der Waals surface area contributed by atoms with Crippen LogP contribution in [0.3, 0.4) is 0 Å². The smallest absolute Gasteiger partial charge is 0.311 e. The molecule has 4 bridgehead atoms. The predicted molar refractivity (Wildman–Crippen MR) is 90.2 cm³/mol. The maximum Gasteiger partial charge on any atom is 0.311 e. The Kier molecular flexibility index (Phi) is 3.41. The number of hydrogen-bond donors (Lipinski definition) is 0. The van der Waals surface area contributed by atoms with E-state index >= 15 is 0 Å². The van der Waals surface area contributed by atoms with Gasteiger partial charge < -0.3 is 4.74 Å².